The fourth-order valence-corrected chi connectivity index (χ4v) is 12.0. The van der Waals surface area contributed by atoms with Gasteiger partial charge in [0.15, 0.2) is 12.2 Å². The van der Waals surface area contributed by atoms with Crippen LogP contribution < -0.4 is 0 Å². The van der Waals surface area contributed by atoms with E-state index < -0.39 is 97.5 Å². The second kappa shape index (κ2) is 76.4. The van der Waals surface area contributed by atoms with Crippen LogP contribution in [0.1, 0.15) is 323 Å². The summed E-state index contributed by atoms with van der Waals surface area (Å²) in [6.45, 7) is 4.52. The van der Waals surface area contributed by atoms with Gasteiger partial charge in [0.2, 0.25) is 0 Å². The molecule has 0 aromatic heterocycles. The molecule has 596 valence electrons. The Balaban J connectivity index is 5.38. The van der Waals surface area contributed by atoms with Gasteiger partial charge in [0.25, 0.3) is 0 Å². The largest absolute Gasteiger partial charge is 0.472 e. The van der Waals surface area contributed by atoms with Gasteiger partial charge in [-0.25, -0.2) is 9.13 Å². The highest BCUT2D eigenvalue weighted by Crippen LogP contribution is 2.45. The van der Waals surface area contributed by atoms with Crippen LogP contribution in [0.5, 0.6) is 0 Å². The van der Waals surface area contributed by atoms with Crippen LogP contribution in [-0.4, -0.2) is 96.7 Å². The first-order valence-corrected chi connectivity index (χ1v) is 43.4. The number of phosphoric ester groups is 2. The number of unbranched alkanes of at least 4 members (excludes halogenated alkanes) is 27. The number of phosphoric acid groups is 2. The second-order valence-corrected chi connectivity index (χ2v) is 29.5. The molecule has 0 radical (unpaired) electrons. The van der Waals surface area contributed by atoms with Crippen molar-refractivity contribution in [2.24, 2.45) is 0 Å². The van der Waals surface area contributed by atoms with Crippen LogP contribution in [0.15, 0.2) is 134 Å². The Bertz CT molecular complexity index is 2490. The third kappa shape index (κ3) is 75.4. The van der Waals surface area contributed by atoms with E-state index in [0.717, 1.165) is 225 Å². The minimum atomic E-state index is -4.99. The van der Waals surface area contributed by atoms with Crippen LogP contribution >= 0.6 is 15.6 Å². The van der Waals surface area contributed by atoms with Crippen LogP contribution in [0.3, 0.4) is 0 Å². The minimum Gasteiger partial charge on any atom is -0.462 e. The molecule has 0 aromatic rings. The molecule has 0 fully saturated rings. The first-order valence-electron chi connectivity index (χ1n) is 40.4. The summed E-state index contributed by atoms with van der Waals surface area (Å²) in [5, 5.41) is 10.6. The topological polar surface area (TPSA) is 237 Å². The second-order valence-electron chi connectivity index (χ2n) is 26.6. The molecule has 0 amide bonds. The zero-order valence-electron chi connectivity index (χ0n) is 65.2. The molecular weight excluding hydrogens is 1350 g/mol. The minimum absolute atomic E-state index is 0.0694. The lowest BCUT2D eigenvalue weighted by molar-refractivity contribution is -0.161. The molecule has 0 saturated carbocycles. The average molecular weight is 1500 g/mol. The molecule has 0 spiro atoms. The summed E-state index contributed by atoms with van der Waals surface area (Å²) in [4.78, 5) is 73.1. The molecule has 0 rings (SSSR count). The maximum atomic E-state index is 13.1. The third-order valence-electron chi connectivity index (χ3n) is 16.6. The summed E-state index contributed by atoms with van der Waals surface area (Å²) >= 11 is 0. The number of carbonyl (C=O) groups is 4. The zero-order chi connectivity index (χ0) is 76.0. The van der Waals surface area contributed by atoms with Gasteiger partial charge in [-0.05, 0) is 154 Å². The van der Waals surface area contributed by atoms with Gasteiger partial charge in [-0.1, -0.05) is 277 Å². The van der Waals surface area contributed by atoms with Crippen molar-refractivity contribution in [2.75, 3.05) is 39.6 Å². The van der Waals surface area contributed by atoms with E-state index in [9.17, 15) is 43.2 Å². The summed E-state index contributed by atoms with van der Waals surface area (Å²) in [7, 11) is -9.98. The van der Waals surface area contributed by atoms with E-state index in [-0.39, 0.29) is 25.7 Å². The van der Waals surface area contributed by atoms with E-state index in [1.807, 2.05) is 0 Å². The summed E-state index contributed by atoms with van der Waals surface area (Å²) in [5.41, 5.74) is 0. The first-order chi connectivity index (χ1) is 50.7. The highest BCUT2D eigenvalue weighted by atomic mass is 31.2. The third-order valence-corrected chi connectivity index (χ3v) is 18.5. The molecule has 0 aliphatic rings. The lowest BCUT2D eigenvalue weighted by Gasteiger charge is -2.21. The SMILES string of the molecule is CC/C=C\C/C=C\C/C=C\CCCCCCCCCC(=O)OCC(COP(=O)(O)OCC(O)COP(=O)(O)OCC(COC(=O)CCCCCCCC/C=C\C/C=C\C/C=C\CCCCC)OC(=O)CCCCCCC/C=C\C/C=C\C/C=C\CC)OC(=O)CCCCCCC/C=C\C/C=C\CCC. The van der Waals surface area contributed by atoms with Gasteiger partial charge in [-0.3, -0.25) is 37.3 Å². The number of esters is 4. The Morgan fingerprint density at radius 1 is 0.279 bits per heavy atom. The highest BCUT2D eigenvalue weighted by molar-refractivity contribution is 7.47. The molecule has 5 unspecified atom stereocenters. The van der Waals surface area contributed by atoms with Crippen LogP contribution in [0.25, 0.3) is 0 Å². The van der Waals surface area contributed by atoms with Crippen LogP contribution in [0.2, 0.25) is 0 Å². The normalized spacial score (nSPS) is 14.6. The summed E-state index contributed by atoms with van der Waals surface area (Å²) in [6.07, 6.45) is 85.6. The Morgan fingerprint density at radius 2 is 0.519 bits per heavy atom. The van der Waals surface area contributed by atoms with Gasteiger partial charge in [0.1, 0.15) is 19.3 Å². The van der Waals surface area contributed by atoms with Gasteiger partial charge in [0.05, 0.1) is 26.4 Å². The molecule has 19 heteroatoms. The highest BCUT2D eigenvalue weighted by Gasteiger charge is 2.30. The van der Waals surface area contributed by atoms with E-state index in [0.29, 0.717) is 25.7 Å². The molecule has 0 aromatic carbocycles. The van der Waals surface area contributed by atoms with E-state index in [4.69, 9.17) is 37.0 Å². The number of allylic oxidation sites excluding steroid dienone is 22. The Labute approximate surface area is 631 Å². The van der Waals surface area contributed by atoms with Crippen molar-refractivity contribution in [2.45, 2.75) is 341 Å². The number of hydrogen-bond acceptors (Lipinski definition) is 15. The van der Waals surface area contributed by atoms with Crippen molar-refractivity contribution in [3.05, 3.63) is 134 Å². The van der Waals surface area contributed by atoms with Crippen LogP contribution in [0, 0.1) is 0 Å². The fraction of sp³-hybridized carbons (Fsp3) is 0.694. The van der Waals surface area contributed by atoms with Gasteiger partial charge in [-0.15, -0.1) is 0 Å². The molecule has 0 bridgehead atoms. The van der Waals surface area contributed by atoms with Gasteiger partial charge in [0, 0.05) is 25.7 Å². The van der Waals surface area contributed by atoms with E-state index in [1.165, 1.54) is 19.3 Å². The predicted molar refractivity (Wildman–Crippen MR) is 427 cm³/mol. The quantitative estimate of drug-likeness (QED) is 0.0169. The van der Waals surface area contributed by atoms with Crippen molar-refractivity contribution in [3.8, 4) is 0 Å². The molecule has 104 heavy (non-hydrogen) atoms. The first kappa shape index (κ1) is 99.2. The maximum absolute atomic E-state index is 13.1. The molecule has 0 heterocycles. The fourth-order valence-electron chi connectivity index (χ4n) is 10.5. The van der Waals surface area contributed by atoms with Crippen molar-refractivity contribution in [3.63, 3.8) is 0 Å². The Morgan fingerprint density at radius 3 is 0.808 bits per heavy atom. The molecule has 5 atom stereocenters. The van der Waals surface area contributed by atoms with E-state index in [1.54, 1.807) is 0 Å². The summed E-state index contributed by atoms with van der Waals surface area (Å²) < 4.78 is 68.6. The average Bonchev–Trinajstić information content (AvgIpc) is 0.918. The molecule has 3 N–H and O–H groups in total. The zero-order valence-corrected chi connectivity index (χ0v) is 66.9. The smallest absolute Gasteiger partial charge is 0.462 e. The monoisotopic (exact) mass is 1500 g/mol. The van der Waals surface area contributed by atoms with Gasteiger partial charge < -0.3 is 33.8 Å². The van der Waals surface area contributed by atoms with Crippen LogP contribution in [0.4, 0.5) is 0 Å². The van der Waals surface area contributed by atoms with Crippen molar-refractivity contribution < 1.29 is 80.2 Å². The molecule has 17 nitrogen and oxygen atoms in total. The lowest BCUT2D eigenvalue weighted by atomic mass is 10.1. The molecule has 0 aliphatic heterocycles. The number of carbonyl (C=O) groups excluding carboxylic acids is 4. The van der Waals surface area contributed by atoms with E-state index >= 15 is 0 Å². The summed E-state index contributed by atoms with van der Waals surface area (Å²) in [5.74, 6) is -2.23. The Hall–Kier alpha value is -4.80. The predicted octanol–water partition coefficient (Wildman–Crippen LogP) is 23.7. The number of rotatable bonds is 75. The van der Waals surface area contributed by atoms with Gasteiger partial charge in [-0.2, -0.15) is 0 Å². The van der Waals surface area contributed by atoms with Crippen molar-refractivity contribution in [1.82, 2.24) is 0 Å². The van der Waals surface area contributed by atoms with Gasteiger partial charge >= 0.3 is 39.5 Å². The number of hydrogen-bond donors (Lipinski definition) is 3. The molecule has 0 aliphatic carbocycles. The number of aliphatic hydroxyl groups is 1. The summed E-state index contributed by atoms with van der Waals surface area (Å²) in [6, 6.07) is 0. The van der Waals surface area contributed by atoms with Crippen molar-refractivity contribution in [1.29, 1.82) is 0 Å². The van der Waals surface area contributed by atoms with Crippen molar-refractivity contribution >= 4 is 39.5 Å². The van der Waals surface area contributed by atoms with E-state index in [2.05, 4.69) is 161 Å². The Kier molecular flexibility index (Phi) is 72.9. The number of ether oxygens (including phenoxy) is 4. The van der Waals surface area contributed by atoms with Crippen LogP contribution in [-0.2, 0) is 65.4 Å². The number of aliphatic hydroxyl groups excluding tert-OH is 1. The standard InChI is InChI=1S/C85H144O17P2/c1-5-9-13-17-21-25-29-33-36-38-39-41-44-47-50-54-58-62-66-70-83(88)96-76-81(102-85(90)72-68-64-60-56-52-48-42-35-31-27-23-19-15-11-7-3)78-100-104(93,94)98-74-79(86)73-97-103(91,92)99-77-80(101-84(89)71-67-63-59-55-51-45-32-28-24-20-16-12-8-4)75-95-82(87)69-65-61-57-53-49-46-43-40-37-34-30-26-22-18-14-10-6-2/h10-11,14-16,20-23,25-28,32-37,39,41-42,79-81,86H,5-9,12-13,17-19,24,29-31,38,40,43-78H2,1-4H3,(H,91,92)(H,93,94)/b14-10-,15-11-,20-16-,25-21-,26-22-,27-23-,32-28-,36-33-,37-34-,41-39-,42-35-. The maximum Gasteiger partial charge on any atom is 0.472 e. The molecule has 0 saturated heterocycles. The molecular formula is C85H144O17P2. The lowest BCUT2D eigenvalue weighted by Crippen LogP contribution is -2.30.